The summed E-state index contributed by atoms with van der Waals surface area (Å²) >= 11 is 5.23. The van der Waals surface area contributed by atoms with Crippen LogP contribution in [0.25, 0.3) is 0 Å². The smallest absolute Gasteiger partial charge is 0.426 e. The zero-order valence-electron chi connectivity index (χ0n) is 11.2. The molecule has 20 heavy (non-hydrogen) atoms. The van der Waals surface area contributed by atoms with Crippen molar-refractivity contribution in [2.24, 2.45) is 17.3 Å². The zero-order valence-corrected chi connectivity index (χ0v) is 12.0. The SMILES string of the molecule is CC1(C)[C@H](C(=O)OC2CC=CC2)[C@@H]1C=C(Cl)C(F)(F)F. The summed E-state index contributed by atoms with van der Waals surface area (Å²) in [5, 5.41) is -1.17. The molecule has 1 fully saturated rings. The van der Waals surface area contributed by atoms with Gasteiger partial charge in [0.15, 0.2) is 0 Å². The van der Waals surface area contributed by atoms with Crippen molar-refractivity contribution >= 4 is 17.6 Å². The molecule has 0 aromatic carbocycles. The predicted molar refractivity (Wildman–Crippen MR) is 69.0 cm³/mol. The number of carbonyl (C=O) groups is 1. The summed E-state index contributed by atoms with van der Waals surface area (Å²) in [4.78, 5) is 12.0. The maximum Gasteiger partial charge on any atom is 0.426 e. The molecular formula is C14H16ClF3O2. The molecule has 0 N–H and O–H groups in total. The maximum atomic E-state index is 12.4. The van der Waals surface area contributed by atoms with Crippen molar-refractivity contribution in [3.63, 3.8) is 0 Å². The summed E-state index contributed by atoms with van der Waals surface area (Å²) in [5.41, 5.74) is -0.547. The molecule has 0 bridgehead atoms. The standard InChI is InChI=1S/C14H16ClF3O2/c1-13(2)9(7-10(15)14(16,17)18)11(13)12(19)20-8-5-3-4-6-8/h3-4,7-9,11H,5-6H2,1-2H3/t9-,11-/m0/s1. The molecule has 0 aromatic heterocycles. The lowest BCUT2D eigenvalue weighted by Crippen LogP contribution is -2.18. The van der Waals surface area contributed by atoms with E-state index in [4.69, 9.17) is 16.3 Å². The summed E-state index contributed by atoms with van der Waals surface area (Å²) in [6.45, 7) is 3.49. The van der Waals surface area contributed by atoms with Gasteiger partial charge in [0, 0.05) is 12.8 Å². The van der Waals surface area contributed by atoms with Crippen molar-refractivity contribution < 1.29 is 22.7 Å². The number of alkyl halides is 3. The Labute approximate surface area is 120 Å². The van der Waals surface area contributed by atoms with E-state index in [9.17, 15) is 18.0 Å². The average molecular weight is 309 g/mol. The van der Waals surface area contributed by atoms with Crippen LogP contribution >= 0.6 is 11.6 Å². The van der Waals surface area contributed by atoms with Crippen LogP contribution in [0.4, 0.5) is 13.2 Å². The number of rotatable bonds is 3. The quantitative estimate of drug-likeness (QED) is 0.577. The normalized spacial score (nSPS) is 29.6. The first-order chi connectivity index (χ1) is 9.14. The van der Waals surface area contributed by atoms with Crippen LogP contribution in [0.15, 0.2) is 23.3 Å². The molecule has 0 spiro atoms. The molecule has 2 aliphatic rings. The lowest BCUT2D eigenvalue weighted by molar-refractivity contribution is -0.151. The van der Waals surface area contributed by atoms with Gasteiger partial charge < -0.3 is 4.74 Å². The number of carbonyl (C=O) groups excluding carboxylic acids is 1. The number of allylic oxidation sites excluding steroid dienone is 2. The second-order valence-corrected chi connectivity index (χ2v) is 6.25. The van der Waals surface area contributed by atoms with Crippen LogP contribution in [-0.4, -0.2) is 18.2 Å². The molecule has 0 aromatic rings. The third kappa shape index (κ3) is 3.03. The Morgan fingerprint density at radius 3 is 2.40 bits per heavy atom. The molecule has 6 heteroatoms. The van der Waals surface area contributed by atoms with E-state index in [1.165, 1.54) is 0 Å². The van der Waals surface area contributed by atoms with Crippen molar-refractivity contribution in [2.75, 3.05) is 0 Å². The van der Waals surface area contributed by atoms with Crippen molar-refractivity contribution in [1.82, 2.24) is 0 Å². The lowest BCUT2D eigenvalue weighted by Gasteiger charge is -2.11. The molecule has 0 radical (unpaired) electrons. The topological polar surface area (TPSA) is 26.3 Å². The predicted octanol–water partition coefficient (Wildman–Crippen LogP) is 4.21. The van der Waals surface area contributed by atoms with Crippen LogP contribution in [0.3, 0.4) is 0 Å². The molecule has 1 saturated carbocycles. The fourth-order valence-electron chi connectivity index (χ4n) is 2.62. The van der Waals surface area contributed by atoms with Gasteiger partial charge in [0.25, 0.3) is 0 Å². The first-order valence-electron chi connectivity index (χ1n) is 6.44. The molecule has 2 aliphatic carbocycles. The van der Waals surface area contributed by atoms with Gasteiger partial charge >= 0.3 is 12.1 Å². The van der Waals surface area contributed by atoms with Gasteiger partial charge in [-0.3, -0.25) is 4.79 Å². The molecule has 0 unspecified atom stereocenters. The van der Waals surface area contributed by atoms with Crippen molar-refractivity contribution in [1.29, 1.82) is 0 Å². The van der Waals surface area contributed by atoms with Crippen LogP contribution in [0.2, 0.25) is 0 Å². The molecule has 0 saturated heterocycles. The van der Waals surface area contributed by atoms with Gasteiger partial charge in [0.05, 0.1) is 5.92 Å². The minimum atomic E-state index is -4.57. The Bertz CT molecular complexity index is 458. The van der Waals surface area contributed by atoms with Gasteiger partial charge in [-0.25, -0.2) is 0 Å². The van der Waals surface area contributed by atoms with E-state index in [-0.39, 0.29) is 6.10 Å². The summed E-state index contributed by atoms with van der Waals surface area (Å²) < 4.78 is 42.6. The summed E-state index contributed by atoms with van der Waals surface area (Å²) in [6, 6.07) is 0. The van der Waals surface area contributed by atoms with Crippen molar-refractivity contribution in [3.8, 4) is 0 Å². The molecule has 2 rings (SSSR count). The minimum absolute atomic E-state index is 0.179. The summed E-state index contributed by atoms with van der Waals surface area (Å²) in [7, 11) is 0. The lowest BCUT2D eigenvalue weighted by atomic mass is 10.1. The van der Waals surface area contributed by atoms with E-state index in [1.807, 2.05) is 12.2 Å². The van der Waals surface area contributed by atoms with Crippen molar-refractivity contribution in [3.05, 3.63) is 23.3 Å². The van der Waals surface area contributed by atoms with Crippen LogP contribution in [-0.2, 0) is 9.53 Å². The Balaban J connectivity index is 2.00. The fourth-order valence-corrected chi connectivity index (χ4v) is 2.75. The van der Waals surface area contributed by atoms with Gasteiger partial charge in [0.2, 0.25) is 0 Å². The van der Waals surface area contributed by atoms with Crippen LogP contribution < -0.4 is 0 Å². The molecule has 0 amide bonds. The molecular weight excluding hydrogens is 293 g/mol. The monoisotopic (exact) mass is 308 g/mol. The largest absolute Gasteiger partial charge is 0.461 e. The van der Waals surface area contributed by atoms with E-state index in [0.717, 1.165) is 6.08 Å². The van der Waals surface area contributed by atoms with E-state index in [0.29, 0.717) is 12.8 Å². The number of esters is 1. The van der Waals surface area contributed by atoms with Crippen LogP contribution in [0, 0.1) is 17.3 Å². The highest BCUT2D eigenvalue weighted by Gasteiger charge is 2.62. The summed E-state index contributed by atoms with van der Waals surface area (Å²) in [5.74, 6) is -1.52. The first kappa shape index (κ1) is 15.4. The second-order valence-electron chi connectivity index (χ2n) is 5.84. The van der Waals surface area contributed by atoms with E-state index in [2.05, 4.69) is 0 Å². The number of hydrogen-bond acceptors (Lipinski definition) is 2. The highest BCUT2D eigenvalue weighted by atomic mass is 35.5. The Kier molecular flexibility index (Phi) is 3.93. The highest BCUT2D eigenvalue weighted by molar-refractivity contribution is 6.30. The second kappa shape index (κ2) is 5.10. The third-order valence-corrected chi connectivity index (χ3v) is 4.35. The van der Waals surface area contributed by atoms with Gasteiger partial charge in [-0.15, -0.1) is 0 Å². The Morgan fingerprint density at radius 1 is 1.35 bits per heavy atom. The Morgan fingerprint density at radius 2 is 1.90 bits per heavy atom. The maximum absolute atomic E-state index is 12.4. The van der Waals surface area contributed by atoms with E-state index in [1.54, 1.807) is 13.8 Å². The van der Waals surface area contributed by atoms with Crippen LogP contribution in [0.1, 0.15) is 26.7 Å². The van der Waals surface area contributed by atoms with Gasteiger partial charge in [-0.2, -0.15) is 13.2 Å². The minimum Gasteiger partial charge on any atom is -0.461 e. The van der Waals surface area contributed by atoms with E-state index < -0.39 is 34.4 Å². The molecule has 2 nitrogen and oxygen atoms in total. The molecule has 0 aliphatic heterocycles. The summed E-state index contributed by atoms with van der Waals surface area (Å²) in [6.07, 6.45) is 1.37. The van der Waals surface area contributed by atoms with Crippen LogP contribution in [0.5, 0.6) is 0 Å². The van der Waals surface area contributed by atoms with E-state index >= 15 is 0 Å². The Hall–Kier alpha value is -0.970. The fraction of sp³-hybridized carbons (Fsp3) is 0.643. The van der Waals surface area contributed by atoms with Gasteiger partial charge in [-0.1, -0.05) is 43.7 Å². The first-order valence-corrected chi connectivity index (χ1v) is 6.82. The molecule has 112 valence electrons. The van der Waals surface area contributed by atoms with Gasteiger partial charge in [-0.05, 0) is 11.3 Å². The third-order valence-electron chi connectivity index (χ3n) is 4.01. The number of hydrogen-bond donors (Lipinski definition) is 0. The number of ether oxygens (including phenoxy) is 1. The number of halogens is 4. The zero-order chi connectivity index (χ0) is 15.1. The van der Waals surface area contributed by atoms with Gasteiger partial charge in [0.1, 0.15) is 11.1 Å². The molecule has 2 atom stereocenters. The molecule has 0 heterocycles. The average Bonchev–Trinajstić information content (AvgIpc) is 2.68. The van der Waals surface area contributed by atoms with Crippen molar-refractivity contribution in [2.45, 2.75) is 39.0 Å². The highest BCUT2D eigenvalue weighted by Crippen LogP contribution is 2.60.